The normalized spacial score (nSPS) is 15.8. The van der Waals surface area contributed by atoms with E-state index in [9.17, 15) is 4.39 Å². The van der Waals surface area contributed by atoms with Gasteiger partial charge in [0, 0.05) is 53.5 Å². The lowest BCUT2D eigenvalue weighted by Gasteiger charge is -2.12. The fourth-order valence-corrected chi connectivity index (χ4v) is 3.27. The molecule has 7 heteroatoms. The molecule has 4 aromatic rings. The smallest absolute Gasteiger partial charge is 0.224 e. The van der Waals surface area contributed by atoms with Gasteiger partial charge < -0.3 is 14.7 Å². The molecule has 1 aliphatic rings. The van der Waals surface area contributed by atoms with Crippen molar-refractivity contribution in [3.63, 3.8) is 0 Å². The first-order chi connectivity index (χ1) is 12.2. The minimum absolute atomic E-state index is 0.320. The largest absolute Gasteiger partial charge is 0.351 e. The van der Waals surface area contributed by atoms with Crippen LogP contribution in [0.2, 0.25) is 0 Å². The highest BCUT2D eigenvalue weighted by Gasteiger charge is 2.28. The zero-order valence-electron chi connectivity index (χ0n) is 13.7. The summed E-state index contributed by atoms with van der Waals surface area (Å²) in [6.45, 7) is 2.16. The third-order valence-corrected chi connectivity index (χ3v) is 4.87. The number of imidazole rings is 1. The standard InChI is InChI=1S/C18H17FN6/c1-10(11-2-3-11)23-18-22-8-14-13(7-21-16(14)24-18)12-6-15(19)17-20-4-5-25(17)9-12/h4-11H,2-3H2,1H3,(H2,21,22,23,24)/t10-/m1/s1. The van der Waals surface area contributed by atoms with Crippen molar-refractivity contribution in [3.8, 4) is 11.1 Å². The summed E-state index contributed by atoms with van der Waals surface area (Å²) < 4.78 is 15.9. The van der Waals surface area contributed by atoms with E-state index in [4.69, 9.17) is 0 Å². The predicted octanol–water partition coefficient (Wildman–Crippen LogP) is 3.62. The number of nitrogens with zero attached hydrogens (tertiary/aromatic N) is 4. The van der Waals surface area contributed by atoms with Gasteiger partial charge in [0.1, 0.15) is 5.65 Å². The molecular weight excluding hydrogens is 319 g/mol. The first-order valence-electron chi connectivity index (χ1n) is 8.42. The molecule has 5 rings (SSSR count). The molecule has 4 aromatic heterocycles. The number of hydrogen-bond acceptors (Lipinski definition) is 4. The zero-order chi connectivity index (χ0) is 17.0. The molecule has 1 fully saturated rings. The maximum atomic E-state index is 14.2. The van der Waals surface area contributed by atoms with Crippen LogP contribution in [0.1, 0.15) is 19.8 Å². The molecule has 4 heterocycles. The highest BCUT2D eigenvalue weighted by molar-refractivity contribution is 5.93. The monoisotopic (exact) mass is 336 g/mol. The molecule has 0 aromatic carbocycles. The molecule has 0 bridgehead atoms. The number of anilines is 1. The van der Waals surface area contributed by atoms with Gasteiger partial charge in [-0.1, -0.05) is 0 Å². The maximum Gasteiger partial charge on any atom is 0.224 e. The van der Waals surface area contributed by atoms with Crippen LogP contribution in [-0.2, 0) is 0 Å². The molecule has 1 atom stereocenters. The van der Waals surface area contributed by atoms with E-state index < -0.39 is 0 Å². The second kappa shape index (κ2) is 5.27. The van der Waals surface area contributed by atoms with Crippen LogP contribution in [0.25, 0.3) is 27.8 Å². The SMILES string of the molecule is C[C@@H](Nc1ncc2c(-c3cc(F)c4nccn4c3)c[nH]c2n1)C1CC1. The number of H-pyrrole nitrogens is 1. The van der Waals surface area contributed by atoms with Crippen molar-refractivity contribution in [3.05, 3.63) is 42.9 Å². The lowest BCUT2D eigenvalue weighted by Crippen LogP contribution is -2.18. The average Bonchev–Trinajstić information content (AvgIpc) is 3.20. The van der Waals surface area contributed by atoms with Crippen molar-refractivity contribution in [1.29, 1.82) is 0 Å². The Hall–Kier alpha value is -2.96. The highest BCUT2D eigenvalue weighted by Crippen LogP contribution is 2.34. The van der Waals surface area contributed by atoms with Crippen LogP contribution in [0.15, 0.2) is 37.1 Å². The number of aromatic amines is 1. The number of hydrogen-bond donors (Lipinski definition) is 2. The van der Waals surface area contributed by atoms with Crippen molar-refractivity contribution < 1.29 is 4.39 Å². The van der Waals surface area contributed by atoms with Crippen molar-refractivity contribution in [2.45, 2.75) is 25.8 Å². The fourth-order valence-electron chi connectivity index (χ4n) is 3.27. The molecule has 0 aliphatic heterocycles. The molecular formula is C18H17FN6. The second-order valence-corrected chi connectivity index (χ2v) is 6.66. The van der Waals surface area contributed by atoms with E-state index in [-0.39, 0.29) is 5.82 Å². The van der Waals surface area contributed by atoms with Gasteiger partial charge in [-0.15, -0.1) is 0 Å². The van der Waals surface area contributed by atoms with E-state index in [0.29, 0.717) is 17.6 Å². The molecule has 0 spiro atoms. The number of pyridine rings is 1. The maximum absolute atomic E-state index is 14.2. The topological polar surface area (TPSA) is 70.9 Å². The molecule has 0 saturated heterocycles. The predicted molar refractivity (Wildman–Crippen MR) is 93.8 cm³/mol. The van der Waals surface area contributed by atoms with Crippen molar-refractivity contribution in [2.24, 2.45) is 5.92 Å². The van der Waals surface area contributed by atoms with Gasteiger partial charge >= 0.3 is 0 Å². The molecule has 0 radical (unpaired) electrons. The van der Waals surface area contributed by atoms with Crippen molar-refractivity contribution in [1.82, 2.24) is 24.3 Å². The summed E-state index contributed by atoms with van der Waals surface area (Å²) >= 11 is 0. The molecule has 1 saturated carbocycles. The highest BCUT2D eigenvalue weighted by atomic mass is 19.1. The van der Waals surface area contributed by atoms with Gasteiger partial charge in [0.15, 0.2) is 11.5 Å². The minimum atomic E-state index is -0.352. The van der Waals surface area contributed by atoms with E-state index in [1.54, 1.807) is 23.0 Å². The number of aromatic nitrogens is 5. The quantitative estimate of drug-likeness (QED) is 0.597. The van der Waals surface area contributed by atoms with E-state index in [2.05, 4.69) is 32.2 Å². The molecule has 126 valence electrons. The Bertz CT molecular complexity index is 1080. The van der Waals surface area contributed by atoms with Crippen LogP contribution in [0.5, 0.6) is 0 Å². The molecule has 1 aliphatic carbocycles. The summed E-state index contributed by atoms with van der Waals surface area (Å²) in [6.07, 6.45) is 11.3. The number of halogens is 1. The lowest BCUT2D eigenvalue weighted by atomic mass is 10.1. The van der Waals surface area contributed by atoms with Gasteiger partial charge in [0.25, 0.3) is 0 Å². The Morgan fingerprint density at radius 1 is 1.36 bits per heavy atom. The van der Waals surface area contributed by atoms with E-state index in [1.165, 1.54) is 18.9 Å². The van der Waals surface area contributed by atoms with Crippen LogP contribution >= 0.6 is 0 Å². The Balaban J connectivity index is 1.54. The summed E-state index contributed by atoms with van der Waals surface area (Å²) in [5.74, 6) is 0.995. The summed E-state index contributed by atoms with van der Waals surface area (Å²) in [5, 5.41) is 4.22. The van der Waals surface area contributed by atoms with E-state index in [0.717, 1.165) is 28.1 Å². The van der Waals surface area contributed by atoms with Crippen LogP contribution in [-0.4, -0.2) is 30.4 Å². The van der Waals surface area contributed by atoms with Crippen LogP contribution < -0.4 is 5.32 Å². The van der Waals surface area contributed by atoms with Crippen LogP contribution in [0, 0.1) is 11.7 Å². The van der Waals surface area contributed by atoms with Gasteiger partial charge in [0.2, 0.25) is 5.95 Å². The Morgan fingerprint density at radius 2 is 2.24 bits per heavy atom. The first-order valence-corrected chi connectivity index (χ1v) is 8.42. The zero-order valence-corrected chi connectivity index (χ0v) is 13.7. The third kappa shape index (κ3) is 2.43. The Morgan fingerprint density at radius 3 is 3.08 bits per heavy atom. The summed E-state index contributed by atoms with van der Waals surface area (Å²) in [5.41, 5.74) is 2.68. The van der Waals surface area contributed by atoms with E-state index >= 15 is 0 Å². The Kier molecular flexibility index (Phi) is 3.03. The van der Waals surface area contributed by atoms with Gasteiger partial charge in [-0.25, -0.2) is 14.4 Å². The van der Waals surface area contributed by atoms with Gasteiger partial charge in [0.05, 0.1) is 0 Å². The Labute approximate surface area is 143 Å². The summed E-state index contributed by atoms with van der Waals surface area (Å²) in [7, 11) is 0. The van der Waals surface area contributed by atoms with E-state index in [1.807, 2.05) is 12.4 Å². The van der Waals surface area contributed by atoms with Crippen LogP contribution in [0.3, 0.4) is 0 Å². The summed E-state index contributed by atoms with van der Waals surface area (Å²) in [4.78, 5) is 16.2. The summed E-state index contributed by atoms with van der Waals surface area (Å²) in [6, 6.07) is 1.87. The molecule has 0 amide bonds. The number of fused-ring (bicyclic) bond motifs is 2. The minimum Gasteiger partial charge on any atom is -0.351 e. The van der Waals surface area contributed by atoms with Gasteiger partial charge in [-0.2, -0.15) is 4.98 Å². The average molecular weight is 336 g/mol. The number of rotatable bonds is 4. The third-order valence-electron chi connectivity index (χ3n) is 4.87. The molecule has 25 heavy (non-hydrogen) atoms. The van der Waals surface area contributed by atoms with Crippen LogP contribution in [0.4, 0.5) is 10.3 Å². The second-order valence-electron chi connectivity index (χ2n) is 6.66. The number of nitrogens with one attached hydrogen (secondary N) is 2. The fraction of sp³-hybridized carbons (Fsp3) is 0.278. The van der Waals surface area contributed by atoms with Gasteiger partial charge in [-0.3, -0.25) is 0 Å². The van der Waals surface area contributed by atoms with Crippen molar-refractivity contribution >= 4 is 22.6 Å². The van der Waals surface area contributed by atoms with Gasteiger partial charge in [-0.05, 0) is 31.7 Å². The molecule has 2 N–H and O–H groups in total. The molecule has 6 nitrogen and oxygen atoms in total. The first kappa shape index (κ1) is 14.4. The lowest BCUT2D eigenvalue weighted by molar-refractivity contribution is 0.630. The van der Waals surface area contributed by atoms with Crippen molar-refractivity contribution in [2.75, 3.05) is 5.32 Å². The molecule has 0 unspecified atom stereocenters.